The van der Waals surface area contributed by atoms with E-state index in [0.717, 1.165) is 5.82 Å². The van der Waals surface area contributed by atoms with E-state index in [0.29, 0.717) is 6.42 Å². The second-order valence-corrected chi connectivity index (χ2v) is 3.71. The van der Waals surface area contributed by atoms with Crippen LogP contribution in [0.25, 0.3) is 0 Å². The molecule has 88 valence electrons. The standard InChI is InChI=1S/C13H14N2O2/c1-17-13(16)10-15-8-7-14-12(15)9-11-5-3-2-4-6-11/h2-8H,9-10H2,1H3. The van der Waals surface area contributed by atoms with Crippen molar-refractivity contribution in [3.8, 4) is 0 Å². The highest BCUT2D eigenvalue weighted by molar-refractivity contribution is 5.69. The average Bonchev–Trinajstić information content (AvgIpc) is 2.78. The summed E-state index contributed by atoms with van der Waals surface area (Å²) in [5.74, 6) is 0.596. The van der Waals surface area contributed by atoms with Gasteiger partial charge in [-0.2, -0.15) is 0 Å². The monoisotopic (exact) mass is 230 g/mol. The lowest BCUT2D eigenvalue weighted by Gasteiger charge is -2.06. The number of carbonyl (C=O) groups excluding carboxylic acids is 1. The molecule has 1 aromatic heterocycles. The van der Waals surface area contributed by atoms with Gasteiger partial charge in [-0.15, -0.1) is 0 Å². The Hall–Kier alpha value is -2.10. The summed E-state index contributed by atoms with van der Waals surface area (Å²) in [5, 5.41) is 0. The van der Waals surface area contributed by atoms with Gasteiger partial charge in [0.05, 0.1) is 7.11 Å². The summed E-state index contributed by atoms with van der Waals surface area (Å²) in [5.41, 5.74) is 1.17. The van der Waals surface area contributed by atoms with Gasteiger partial charge >= 0.3 is 5.97 Å². The van der Waals surface area contributed by atoms with Crippen LogP contribution < -0.4 is 0 Å². The number of hydrogen-bond acceptors (Lipinski definition) is 3. The molecular formula is C13H14N2O2. The minimum atomic E-state index is -0.266. The quantitative estimate of drug-likeness (QED) is 0.750. The predicted molar refractivity (Wildman–Crippen MR) is 63.5 cm³/mol. The summed E-state index contributed by atoms with van der Waals surface area (Å²) in [6.07, 6.45) is 4.20. The summed E-state index contributed by atoms with van der Waals surface area (Å²) in [7, 11) is 1.39. The molecule has 0 amide bonds. The normalized spacial score (nSPS) is 10.2. The topological polar surface area (TPSA) is 44.1 Å². The van der Waals surface area contributed by atoms with Crippen LogP contribution in [0.2, 0.25) is 0 Å². The molecule has 0 bridgehead atoms. The van der Waals surface area contributed by atoms with Gasteiger partial charge in [0.25, 0.3) is 0 Å². The fourth-order valence-electron chi connectivity index (χ4n) is 1.63. The molecule has 0 atom stereocenters. The minimum absolute atomic E-state index is 0.207. The van der Waals surface area contributed by atoms with Crippen molar-refractivity contribution in [3.63, 3.8) is 0 Å². The van der Waals surface area contributed by atoms with Gasteiger partial charge in [0, 0.05) is 18.8 Å². The number of aromatic nitrogens is 2. The largest absolute Gasteiger partial charge is 0.468 e. The van der Waals surface area contributed by atoms with Crippen molar-refractivity contribution in [1.82, 2.24) is 9.55 Å². The lowest BCUT2D eigenvalue weighted by molar-refractivity contribution is -0.141. The Labute approximate surface area is 99.9 Å². The number of methoxy groups -OCH3 is 1. The Morgan fingerprint density at radius 3 is 2.82 bits per heavy atom. The molecule has 0 spiro atoms. The Morgan fingerprint density at radius 2 is 2.12 bits per heavy atom. The maximum atomic E-state index is 11.2. The first-order chi connectivity index (χ1) is 8.29. The molecule has 0 saturated heterocycles. The molecule has 0 aliphatic rings. The molecule has 0 aliphatic carbocycles. The number of rotatable bonds is 4. The zero-order chi connectivity index (χ0) is 12.1. The van der Waals surface area contributed by atoms with E-state index in [9.17, 15) is 4.79 Å². The van der Waals surface area contributed by atoms with Gasteiger partial charge in [0.15, 0.2) is 0 Å². The molecule has 0 aliphatic heterocycles. The van der Waals surface area contributed by atoms with Crippen molar-refractivity contribution in [2.75, 3.05) is 7.11 Å². The molecule has 2 rings (SSSR count). The molecule has 0 fully saturated rings. The summed E-state index contributed by atoms with van der Waals surface area (Å²) >= 11 is 0. The lowest BCUT2D eigenvalue weighted by atomic mass is 10.1. The van der Waals surface area contributed by atoms with Gasteiger partial charge in [-0.1, -0.05) is 30.3 Å². The van der Waals surface area contributed by atoms with Crippen LogP contribution in [0.15, 0.2) is 42.7 Å². The third-order valence-corrected chi connectivity index (χ3v) is 2.53. The SMILES string of the molecule is COC(=O)Cn1ccnc1Cc1ccccc1. The summed E-state index contributed by atoms with van der Waals surface area (Å²) in [6.45, 7) is 0.207. The Bertz CT molecular complexity index is 491. The molecule has 0 radical (unpaired) electrons. The molecule has 0 N–H and O–H groups in total. The van der Waals surface area contributed by atoms with E-state index < -0.39 is 0 Å². The van der Waals surface area contributed by atoms with Crippen LogP contribution >= 0.6 is 0 Å². The predicted octanol–water partition coefficient (Wildman–Crippen LogP) is 1.65. The van der Waals surface area contributed by atoms with Crippen molar-refractivity contribution in [2.45, 2.75) is 13.0 Å². The van der Waals surface area contributed by atoms with Crippen LogP contribution in [0.4, 0.5) is 0 Å². The average molecular weight is 230 g/mol. The highest BCUT2D eigenvalue weighted by atomic mass is 16.5. The minimum Gasteiger partial charge on any atom is -0.468 e. The number of imidazole rings is 1. The number of hydrogen-bond donors (Lipinski definition) is 0. The molecular weight excluding hydrogens is 216 g/mol. The van der Waals surface area contributed by atoms with Crippen molar-refractivity contribution in [3.05, 3.63) is 54.1 Å². The van der Waals surface area contributed by atoms with Crippen LogP contribution in [-0.4, -0.2) is 22.6 Å². The molecule has 1 aromatic carbocycles. The number of esters is 1. The second kappa shape index (κ2) is 5.30. The Balaban J connectivity index is 2.12. The van der Waals surface area contributed by atoms with Crippen molar-refractivity contribution in [2.24, 2.45) is 0 Å². The second-order valence-electron chi connectivity index (χ2n) is 3.71. The third-order valence-electron chi connectivity index (χ3n) is 2.53. The lowest BCUT2D eigenvalue weighted by Crippen LogP contribution is -2.13. The maximum Gasteiger partial charge on any atom is 0.325 e. The number of ether oxygens (including phenoxy) is 1. The summed E-state index contributed by atoms with van der Waals surface area (Å²) in [6, 6.07) is 10.0. The van der Waals surface area contributed by atoms with Crippen molar-refractivity contribution < 1.29 is 9.53 Å². The third kappa shape index (κ3) is 2.93. The number of carbonyl (C=O) groups is 1. The van der Waals surface area contributed by atoms with Gasteiger partial charge in [0.1, 0.15) is 12.4 Å². The van der Waals surface area contributed by atoms with Crippen molar-refractivity contribution >= 4 is 5.97 Å². The molecule has 1 heterocycles. The van der Waals surface area contributed by atoms with Gasteiger partial charge < -0.3 is 9.30 Å². The van der Waals surface area contributed by atoms with E-state index in [1.54, 1.807) is 17.0 Å². The molecule has 17 heavy (non-hydrogen) atoms. The fourth-order valence-corrected chi connectivity index (χ4v) is 1.63. The van der Waals surface area contributed by atoms with Gasteiger partial charge in [-0.05, 0) is 5.56 Å². The van der Waals surface area contributed by atoms with Gasteiger partial charge in [-0.3, -0.25) is 4.79 Å². The van der Waals surface area contributed by atoms with E-state index in [-0.39, 0.29) is 12.5 Å². The smallest absolute Gasteiger partial charge is 0.325 e. The van der Waals surface area contributed by atoms with Crippen LogP contribution in [-0.2, 0) is 22.5 Å². The first-order valence-electron chi connectivity index (χ1n) is 5.40. The van der Waals surface area contributed by atoms with E-state index in [1.807, 2.05) is 30.3 Å². The van der Waals surface area contributed by atoms with Gasteiger partial charge in [-0.25, -0.2) is 4.98 Å². The van der Waals surface area contributed by atoms with Crippen LogP contribution in [0, 0.1) is 0 Å². The van der Waals surface area contributed by atoms with Gasteiger partial charge in [0.2, 0.25) is 0 Å². The summed E-state index contributed by atoms with van der Waals surface area (Å²) < 4.78 is 6.45. The van der Waals surface area contributed by atoms with Crippen LogP contribution in [0.5, 0.6) is 0 Å². The molecule has 4 nitrogen and oxygen atoms in total. The Kier molecular flexibility index (Phi) is 3.55. The fraction of sp³-hybridized carbons (Fsp3) is 0.231. The van der Waals surface area contributed by atoms with E-state index in [2.05, 4.69) is 9.72 Å². The molecule has 0 saturated carbocycles. The molecule has 2 aromatic rings. The van der Waals surface area contributed by atoms with Crippen LogP contribution in [0.1, 0.15) is 11.4 Å². The zero-order valence-corrected chi connectivity index (χ0v) is 9.67. The van der Waals surface area contributed by atoms with E-state index >= 15 is 0 Å². The zero-order valence-electron chi connectivity index (χ0n) is 9.67. The Morgan fingerprint density at radius 1 is 1.35 bits per heavy atom. The number of nitrogens with zero attached hydrogens (tertiary/aromatic N) is 2. The molecule has 0 unspecified atom stereocenters. The summed E-state index contributed by atoms with van der Waals surface area (Å²) in [4.78, 5) is 15.5. The highest BCUT2D eigenvalue weighted by Crippen LogP contribution is 2.07. The van der Waals surface area contributed by atoms with E-state index in [4.69, 9.17) is 0 Å². The molecule has 4 heteroatoms. The first-order valence-corrected chi connectivity index (χ1v) is 5.40. The van der Waals surface area contributed by atoms with Crippen molar-refractivity contribution in [1.29, 1.82) is 0 Å². The maximum absolute atomic E-state index is 11.2. The highest BCUT2D eigenvalue weighted by Gasteiger charge is 2.07. The first kappa shape index (κ1) is 11.4. The van der Waals surface area contributed by atoms with E-state index in [1.165, 1.54) is 12.7 Å². The number of benzene rings is 1. The van der Waals surface area contributed by atoms with Crippen LogP contribution in [0.3, 0.4) is 0 Å².